The first-order valence-electron chi connectivity index (χ1n) is 11.8. The fraction of sp³-hybridized carbons (Fsp3) is 0.241. The van der Waals surface area contributed by atoms with Crippen molar-refractivity contribution in [2.24, 2.45) is 0 Å². The molecule has 4 rings (SSSR count). The number of hydrogen-bond donors (Lipinski definition) is 1. The van der Waals surface area contributed by atoms with Gasteiger partial charge in [-0.1, -0.05) is 52.3 Å². The topological polar surface area (TPSA) is 60.9 Å². The third kappa shape index (κ3) is 4.63. The van der Waals surface area contributed by atoms with E-state index in [1.165, 1.54) is 4.90 Å². The molecule has 0 bridgehead atoms. The summed E-state index contributed by atoms with van der Waals surface area (Å²) in [6.07, 6.45) is 0. The van der Waals surface area contributed by atoms with E-state index in [1.54, 1.807) is 24.3 Å². The molecule has 1 atom stereocenters. The van der Waals surface area contributed by atoms with Crippen LogP contribution in [0.15, 0.2) is 76.8 Å². The standard InChI is InChI=1S/C29H29BrN2O3/c1-5-31(6-2)23-15-11-20(12-16-23)26-25(27(33)21-9-13-22(30)14-10-21)28(34)29(35)32(26)24-17-18(3)7-8-19(24)4/h7-17,26,33H,5-6H2,1-4H3/b27-25+. The van der Waals surface area contributed by atoms with Gasteiger partial charge in [-0.15, -0.1) is 0 Å². The number of aryl methyl sites for hydroxylation is 2. The highest BCUT2D eigenvalue weighted by molar-refractivity contribution is 9.10. The van der Waals surface area contributed by atoms with E-state index >= 15 is 0 Å². The molecule has 1 fully saturated rings. The summed E-state index contributed by atoms with van der Waals surface area (Å²) in [4.78, 5) is 30.6. The molecule has 0 aromatic heterocycles. The van der Waals surface area contributed by atoms with Crippen molar-refractivity contribution < 1.29 is 14.7 Å². The molecule has 35 heavy (non-hydrogen) atoms. The number of ketones is 1. The van der Waals surface area contributed by atoms with Crippen LogP contribution < -0.4 is 9.80 Å². The number of anilines is 2. The molecule has 3 aromatic rings. The summed E-state index contributed by atoms with van der Waals surface area (Å²) in [6.45, 7) is 9.83. The van der Waals surface area contributed by atoms with Gasteiger partial charge in [0.15, 0.2) is 0 Å². The molecule has 1 aliphatic rings. The van der Waals surface area contributed by atoms with Crippen LogP contribution in [-0.2, 0) is 9.59 Å². The minimum Gasteiger partial charge on any atom is -0.507 e. The second kappa shape index (κ2) is 10.1. The Bertz CT molecular complexity index is 1290. The molecule has 5 nitrogen and oxygen atoms in total. The molecule has 1 saturated heterocycles. The number of rotatable bonds is 6. The van der Waals surface area contributed by atoms with Crippen LogP contribution in [0.5, 0.6) is 0 Å². The minimum absolute atomic E-state index is 0.0915. The first-order valence-corrected chi connectivity index (χ1v) is 12.5. The van der Waals surface area contributed by atoms with Crippen molar-refractivity contribution in [3.05, 3.63) is 99.0 Å². The summed E-state index contributed by atoms with van der Waals surface area (Å²) in [5.41, 5.74) is 4.93. The van der Waals surface area contributed by atoms with Crippen LogP contribution in [0, 0.1) is 13.8 Å². The highest BCUT2D eigenvalue weighted by atomic mass is 79.9. The van der Waals surface area contributed by atoms with Gasteiger partial charge in [-0.05, 0) is 74.7 Å². The summed E-state index contributed by atoms with van der Waals surface area (Å²) < 4.78 is 0.855. The zero-order valence-corrected chi connectivity index (χ0v) is 22.0. The van der Waals surface area contributed by atoms with Gasteiger partial charge in [0, 0.05) is 34.5 Å². The molecule has 6 heteroatoms. The van der Waals surface area contributed by atoms with Gasteiger partial charge in [-0.2, -0.15) is 0 Å². The van der Waals surface area contributed by atoms with Crippen molar-refractivity contribution in [1.82, 2.24) is 0 Å². The average Bonchev–Trinajstić information content (AvgIpc) is 3.12. The van der Waals surface area contributed by atoms with Crippen LogP contribution in [-0.4, -0.2) is 29.9 Å². The number of carbonyl (C=O) groups excluding carboxylic acids is 2. The van der Waals surface area contributed by atoms with E-state index in [1.807, 2.05) is 56.3 Å². The lowest BCUT2D eigenvalue weighted by atomic mass is 9.94. The van der Waals surface area contributed by atoms with Crippen molar-refractivity contribution in [2.75, 3.05) is 22.9 Å². The molecular weight excluding hydrogens is 504 g/mol. The zero-order valence-electron chi connectivity index (χ0n) is 20.4. The quantitative estimate of drug-likeness (QED) is 0.222. The monoisotopic (exact) mass is 532 g/mol. The van der Waals surface area contributed by atoms with E-state index in [0.29, 0.717) is 11.3 Å². The lowest BCUT2D eigenvalue weighted by molar-refractivity contribution is -0.132. The first kappa shape index (κ1) is 24.7. The number of Topliss-reactive ketones (excluding diaryl/α,β-unsaturated/α-hetero) is 1. The molecule has 3 aromatic carbocycles. The third-order valence-corrected chi connectivity index (χ3v) is 7.05. The fourth-order valence-corrected chi connectivity index (χ4v) is 4.86. The maximum atomic E-state index is 13.4. The third-order valence-electron chi connectivity index (χ3n) is 6.52. The smallest absolute Gasteiger partial charge is 0.300 e. The fourth-order valence-electron chi connectivity index (χ4n) is 4.59. The second-order valence-electron chi connectivity index (χ2n) is 8.73. The van der Waals surface area contributed by atoms with E-state index in [2.05, 4.69) is 34.7 Å². The van der Waals surface area contributed by atoms with Crippen LogP contribution in [0.3, 0.4) is 0 Å². The molecule has 0 saturated carbocycles. The molecule has 180 valence electrons. The van der Waals surface area contributed by atoms with Crippen molar-refractivity contribution >= 4 is 44.8 Å². The van der Waals surface area contributed by atoms with Crippen LogP contribution in [0.4, 0.5) is 11.4 Å². The van der Waals surface area contributed by atoms with Crippen LogP contribution >= 0.6 is 15.9 Å². The molecule has 0 aliphatic carbocycles. The lowest BCUT2D eigenvalue weighted by Gasteiger charge is -2.28. The predicted octanol–water partition coefficient (Wildman–Crippen LogP) is 6.54. The van der Waals surface area contributed by atoms with Gasteiger partial charge in [-0.3, -0.25) is 14.5 Å². The predicted molar refractivity (Wildman–Crippen MR) is 145 cm³/mol. The maximum absolute atomic E-state index is 13.4. The lowest BCUT2D eigenvalue weighted by Crippen LogP contribution is -2.30. The van der Waals surface area contributed by atoms with E-state index in [4.69, 9.17) is 0 Å². The molecule has 1 amide bonds. The number of carbonyl (C=O) groups is 2. The van der Waals surface area contributed by atoms with Crippen LogP contribution in [0.1, 0.15) is 42.1 Å². The Morgan fingerprint density at radius 2 is 1.57 bits per heavy atom. The second-order valence-corrected chi connectivity index (χ2v) is 9.65. The van der Waals surface area contributed by atoms with E-state index in [-0.39, 0.29) is 11.3 Å². The number of hydrogen-bond acceptors (Lipinski definition) is 4. The molecule has 1 heterocycles. The maximum Gasteiger partial charge on any atom is 0.300 e. The Balaban J connectivity index is 1.93. The van der Waals surface area contributed by atoms with Gasteiger partial charge in [0.1, 0.15) is 5.76 Å². The summed E-state index contributed by atoms with van der Waals surface area (Å²) >= 11 is 3.40. The molecular formula is C29H29BrN2O3. The normalized spacial score (nSPS) is 17.2. The molecule has 0 radical (unpaired) electrons. The first-order chi connectivity index (χ1) is 16.8. The van der Waals surface area contributed by atoms with Gasteiger partial charge < -0.3 is 10.0 Å². The van der Waals surface area contributed by atoms with Crippen molar-refractivity contribution in [3.63, 3.8) is 0 Å². The molecule has 1 unspecified atom stereocenters. The number of amides is 1. The number of nitrogens with zero attached hydrogens (tertiary/aromatic N) is 2. The molecule has 0 spiro atoms. The number of halogens is 1. The van der Waals surface area contributed by atoms with Crippen LogP contribution in [0.25, 0.3) is 5.76 Å². The Morgan fingerprint density at radius 1 is 0.943 bits per heavy atom. The van der Waals surface area contributed by atoms with E-state index < -0.39 is 17.7 Å². The van der Waals surface area contributed by atoms with Crippen molar-refractivity contribution in [2.45, 2.75) is 33.7 Å². The summed E-state index contributed by atoms with van der Waals surface area (Å²) in [7, 11) is 0. The SMILES string of the molecule is CCN(CC)c1ccc(C2/C(=C(\O)c3ccc(Br)cc3)C(=O)C(=O)N2c2cc(C)ccc2C)cc1. The summed E-state index contributed by atoms with van der Waals surface area (Å²) in [5.74, 6) is -1.51. The van der Waals surface area contributed by atoms with Gasteiger partial charge in [0.2, 0.25) is 0 Å². The van der Waals surface area contributed by atoms with Gasteiger partial charge in [-0.25, -0.2) is 0 Å². The molecule has 1 N–H and O–H groups in total. The van der Waals surface area contributed by atoms with E-state index in [0.717, 1.165) is 39.9 Å². The highest BCUT2D eigenvalue weighted by Gasteiger charge is 2.47. The highest BCUT2D eigenvalue weighted by Crippen LogP contribution is 2.43. The number of aliphatic hydroxyl groups excluding tert-OH is 1. The van der Waals surface area contributed by atoms with Gasteiger partial charge in [0.25, 0.3) is 11.7 Å². The average molecular weight is 533 g/mol. The summed E-state index contributed by atoms with van der Waals surface area (Å²) in [5, 5.41) is 11.3. The Labute approximate surface area is 214 Å². The largest absolute Gasteiger partial charge is 0.507 e. The number of benzene rings is 3. The zero-order chi connectivity index (χ0) is 25.3. The summed E-state index contributed by atoms with van der Waals surface area (Å²) in [6, 6.07) is 20.0. The Morgan fingerprint density at radius 3 is 2.17 bits per heavy atom. The van der Waals surface area contributed by atoms with E-state index in [9.17, 15) is 14.7 Å². The molecule has 1 aliphatic heterocycles. The van der Waals surface area contributed by atoms with Gasteiger partial charge in [0.05, 0.1) is 11.6 Å². The number of aliphatic hydroxyl groups is 1. The van der Waals surface area contributed by atoms with Crippen molar-refractivity contribution in [1.29, 1.82) is 0 Å². The minimum atomic E-state index is -0.745. The van der Waals surface area contributed by atoms with Gasteiger partial charge >= 0.3 is 0 Å². The Hall–Kier alpha value is -3.38. The van der Waals surface area contributed by atoms with Crippen molar-refractivity contribution in [3.8, 4) is 0 Å². The van der Waals surface area contributed by atoms with Crippen LogP contribution in [0.2, 0.25) is 0 Å². The Kier molecular flexibility index (Phi) is 7.13.